The van der Waals surface area contributed by atoms with Gasteiger partial charge < -0.3 is 14.8 Å². The van der Waals surface area contributed by atoms with Gasteiger partial charge in [0, 0.05) is 31.1 Å². The summed E-state index contributed by atoms with van der Waals surface area (Å²) in [6.07, 6.45) is 4.19. The second kappa shape index (κ2) is 5.82. The third-order valence-electron chi connectivity index (χ3n) is 7.70. The average molecular weight is 368 g/mol. The first-order valence-corrected chi connectivity index (χ1v) is 10.1. The first kappa shape index (κ1) is 17.3. The molecule has 4 aliphatic rings. The van der Waals surface area contributed by atoms with Gasteiger partial charge in [-0.15, -0.1) is 0 Å². The van der Waals surface area contributed by atoms with Crippen molar-refractivity contribution >= 4 is 11.7 Å². The van der Waals surface area contributed by atoms with Crippen LogP contribution in [0, 0.1) is 5.41 Å². The van der Waals surface area contributed by atoms with Gasteiger partial charge in [-0.1, -0.05) is 25.1 Å². The van der Waals surface area contributed by atoms with Gasteiger partial charge in [-0.3, -0.25) is 4.90 Å². The van der Waals surface area contributed by atoms with Crippen molar-refractivity contribution in [2.24, 2.45) is 5.41 Å². The number of methoxy groups -OCH3 is 2. The number of carbonyl (C=O) groups excluding carboxylic acids is 1. The second-order valence-corrected chi connectivity index (χ2v) is 8.50. The number of rotatable bonds is 3. The minimum Gasteiger partial charge on any atom is -0.466 e. The van der Waals surface area contributed by atoms with Crippen LogP contribution in [-0.2, 0) is 19.7 Å². The average Bonchev–Trinajstić information content (AvgIpc) is 3.24. The van der Waals surface area contributed by atoms with Gasteiger partial charge in [0.25, 0.3) is 0 Å². The third kappa shape index (κ3) is 1.94. The summed E-state index contributed by atoms with van der Waals surface area (Å²) in [5, 5.41) is 3.63. The number of benzene rings is 1. The molecule has 4 atom stereocenters. The zero-order valence-electron chi connectivity index (χ0n) is 16.4. The van der Waals surface area contributed by atoms with E-state index in [1.54, 1.807) is 0 Å². The van der Waals surface area contributed by atoms with Gasteiger partial charge in [0.15, 0.2) is 0 Å². The van der Waals surface area contributed by atoms with Crippen LogP contribution in [0.2, 0.25) is 0 Å². The highest BCUT2D eigenvalue weighted by Gasteiger charge is 2.70. The van der Waals surface area contributed by atoms with E-state index in [0.717, 1.165) is 49.3 Å². The SMILES string of the molecule is CC[C@]12CCCN3C[C@@H](OC)[C@]4(C(=C(C(=O)OC)C1)Nc1ccccc14)[C@@H]32. The number of esters is 1. The van der Waals surface area contributed by atoms with E-state index in [1.165, 1.54) is 19.1 Å². The molecular formula is C22H28N2O3. The first-order chi connectivity index (χ1) is 13.1. The second-order valence-electron chi connectivity index (χ2n) is 8.50. The number of hydrogen-bond donors (Lipinski definition) is 1. The van der Waals surface area contributed by atoms with E-state index in [4.69, 9.17) is 9.47 Å². The summed E-state index contributed by atoms with van der Waals surface area (Å²) in [6, 6.07) is 8.86. The minimum absolute atomic E-state index is 0.0256. The lowest BCUT2D eigenvalue weighted by Gasteiger charge is -2.56. The molecule has 0 aromatic heterocycles. The van der Waals surface area contributed by atoms with Crippen molar-refractivity contribution in [1.82, 2.24) is 4.90 Å². The Bertz CT molecular complexity index is 835. The van der Waals surface area contributed by atoms with Crippen molar-refractivity contribution in [2.45, 2.75) is 50.2 Å². The number of piperidine rings is 1. The Morgan fingerprint density at radius 2 is 2.15 bits per heavy atom. The molecule has 5 heteroatoms. The van der Waals surface area contributed by atoms with Crippen molar-refractivity contribution in [2.75, 3.05) is 32.6 Å². The number of fused-ring (bicyclic) bond motifs is 1. The number of anilines is 1. The highest BCUT2D eigenvalue weighted by atomic mass is 16.5. The molecule has 1 spiro atoms. The van der Waals surface area contributed by atoms with Gasteiger partial charge in [0.05, 0.1) is 24.2 Å². The lowest BCUT2D eigenvalue weighted by Crippen LogP contribution is -2.61. The number of nitrogens with one attached hydrogen (secondary N) is 1. The third-order valence-corrected chi connectivity index (χ3v) is 7.70. The zero-order valence-corrected chi connectivity index (χ0v) is 16.4. The molecule has 2 saturated heterocycles. The van der Waals surface area contributed by atoms with Crippen LogP contribution in [0.4, 0.5) is 5.69 Å². The maximum absolute atomic E-state index is 12.9. The molecule has 5 rings (SSSR count). The van der Waals surface area contributed by atoms with Crippen LogP contribution >= 0.6 is 0 Å². The van der Waals surface area contributed by atoms with E-state index in [0.29, 0.717) is 6.04 Å². The van der Waals surface area contributed by atoms with Crippen LogP contribution < -0.4 is 5.32 Å². The summed E-state index contributed by atoms with van der Waals surface area (Å²) < 4.78 is 11.4. The van der Waals surface area contributed by atoms with Gasteiger partial charge in [0.2, 0.25) is 0 Å². The molecule has 1 aliphatic carbocycles. The summed E-state index contributed by atoms with van der Waals surface area (Å²) >= 11 is 0. The lowest BCUT2D eigenvalue weighted by molar-refractivity contribution is -0.137. The Labute approximate surface area is 160 Å². The van der Waals surface area contributed by atoms with Crippen LogP contribution in [0.3, 0.4) is 0 Å². The molecule has 1 N–H and O–H groups in total. The Morgan fingerprint density at radius 1 is 1.33 bits per heavy atom. The van der Waals surface area contributed by atoms with Crippen molar-refractivity contribution in [3.8, 4) is 0 Å². The fraction of sp³-hybridized carbons (Fsp3) is 0.591. The van der Waals surface area contributed by atoms with Crippen LogP contribution in [-0.4, -0.2) is 50.3 Å². The summed E-state index contributed by atoms with van der Waals surface area (Å²) in [7, 11) is 3.31. The molecule has 3 heterocycles. The topological polar surface area (TPSA) is 50.8 Å². The summed E-state index contributed by atoms with van der Waals surface area (Å²) in [4.78, 5) is 15.5. The standard InChI is InChI=1S/C22H28N2O3/c1-4-21-10-7-11-24-13-17(26-2)22(20(21)24)15-8-5-6-9-16(15)23-18(22)14(12-21)19(25)27-3/h5-6,8-9,17,20,23H,4,7,10-13H2,1-3H3/t17-,20+,21+,22-/m1/s1. The molecule has 5 nitrogen and oxygen atoms in total. The molecule has 0 unspecified atom stereocenters. The zero-order chi connectivity index (χ0) is 18.8. The predicted octanol–water partition coefficient (Wildman–Crippen LogP) is 3.07. The monoisotopic (exact) mass is 368 g/mol. The molecule has 27 heavy (non-hydrogen) atoms. The molecule has 0 saturated carbocycles. The van der Waals surface area contributed by atoms with Crippen LogP contribution in [0.1, 0.15) is 38.2 Å². The molecule has 1 aromatic carbocycles. The quantitative estimate of drug-likeness (QED) is 0.831. The maximum Gasteiger partial charge on any atom is 0.335 e. The van der Waals surface area contributed by atoms with E-state index in [9.17, 15) is 4.79 Å². The Hall–Kier alpha value is -1.85. The van der Waals surface area contributed by atoms with Crippen molar-refractivity contribution in [3.05, 3.63) is 41.1 Å². The minimum atomic E-state index is -0.316. The fourth-order valence-electron chi connectivity index (χ4n) is 6.74. The van der Waals surface area contributed by atoms with Gasteiger partial charge in [-0.25, -0.2) is 4.79 Å². The molecule has 3 aliphatic heterocycles. The first-order valence-electron chi connectivity index (χ1n) is 10.1. The molecular weight excluding hydrogens is 340 g/mol. The Kier molecular flexibility index (Phi) is 3.72. The predicted molar refractivity (Wildman–Crippen MR) is 104 cm³/mol. The van der Waals surface area contributed by atoms with E-state index < -0.39 is 0 Å². The molecule has 1 aromatic rings. The number of hydrogen-bond acceptors (Lipinski definition) is 5. The van der Waals surface area contributed by atoms with Crippen molar-refractivity contribution in [1.29, 1.82) is 0 Å². The number of carbonyl (C=O) groups is 1. The van der Waals surface area contributed by atoms with Gasteiger partial charge in [-0.05, 0) is 49.3 Å². The smallest absolute Gasteiger partial charge is 0.335 e. The summed E-state index contributed by atoms with van der Waals surface area (Å²) in [5.74, 6) is -0.199. The van der Waals surface area contributed by atoms with E-state index in [1.807, 2.05) is 7.11 Å². The summed E-state index contributed by atoms with van der Waals surface area (Å²) in [6.45, 7) is 4.30. The van der Waals surface area contributed by atoms with Crippen molar-refractivity contribution in [3.63, 3.8) is 0 Å². The number of nitrogens with zero attached hydrogens (tertiary/aromatic N) is 1. The van der Waals surface area contributed by atoms with E-state index in [-0.39, 0.29) is 22.9 Å². The Morgan fingerprint density at radius 3 is 2.89 bits per heavy atom. The lowest BCUT2D eigenvalue weighted by atomic mass is 9.53. The normalized spacial score (nSPS) is 36.7. The van der Waals surface area contributed by atoms with E-state index in [2.05, 4.69) is 41.4 Å². The van der Waals surface area contributed by atoms with Crippen molar-refractivity contribution < 1.29 is 14.3 Å². The highest BCUT2D eigenvalue weighted by Crippen LogP contribution is 2.65. The molecule has 144 valence electrons. The molecule has 2 fully saturated rings. The summed E-state index contributed by atoms with van der Waals surface area (Å²) in [5.41, 5.74) is 4.00. The molecule has 0 radical (unpaired) electrons. The molecule has 0 bridgehead atoms. The highest BCUT2D eigenvalue weighted by molar-refractivity contribution is 5.93. The maximum atomic E-state index is 12.9. The Balaban J connectivity index is 1.85. The number of para-hydroxylation sites is 1. The number of ether oxygens (including phenoxy) is 2. The van der Waals surface area contributed by atoms with E-state index >= 15 is 0 Å². The molecule has 0 amide bonds. The largest absolute Gasteiger partial charge is 0.466 e. The van der Waals surface area contributed by atoms with Crippen LogP contribution in [0.15, 0.2) is 35.5 Å². The van der Waals surface area contributed by atoms with Crippen LogP contribution in [0.5, 0.6) is 0 Å². The van der Waals surface area contributed by atoms with Crippen LogP contribution in [0.25, 0.3) is 0 Å². The van der Waals surface area contributed by atoms with Gasteiger partial charge in [0.1, 0.15) is 0 Å². The fourth-order valence-corrected chi connectivity index (χ4v) is 6.74. The van der Waals surface area contributed by atoms with Gasteiger partial charge >= 0.3 is 5.97 Å². The van der Waals surface area contributed by atoms with Gasteiger partial charge in [-0.2, -0.15) is 0 Å².